The molecule has 2 fully saturated rings. The number of carbonyl (C=O) groups excluding carboxylic acids is 1. The van der Waals surface area contributed by atoms with E-state index in [1.165, 1.54) is 19.3 Å². The third kappa shape index (κ3) is 3.14. The van der Waals surface area contributed by atoms with Gasteiger partial charge in [-0.2, -0.15) is 0 Å². The van der Waals surface area contributed by atoms with Gasteiger partial charge in [-0.1, -0.05) is 5.16 Å². The average Bonchev–Trinajstić information content (AvgIpc) is 3.06. The molecular formula is C20H26N4O2. The zero-order chi connectivity index (χ0) is 18.1. The van der Waals surface area contributed by atoms with Crippen molar-refractivity contribution in [3.05, 3.63) is 35.9 Å². The number of likely N-dealkylation sites (tertiary alicyclic amines) is 2. The van der Waals surface area contributed by atoms with Gasteiger partial charge in [0.2, 0.25) is 0 Å². The topological polar surface area (TPSA) is 62.5 Å². The van der Waals surface area contributed by atoms with Crippen LogP contribution in [0.4, 0.5) is 0 Å². The van der Waals surface area contributed by atoms with E-state index in [2.05, 4.69) is 22.1 Å². The maximum Gasteiger partial charge on any atom is 0.259 e. The molecular weight excluding hydrogens is 328 g/mol. The molecule has 26 heavy (non-hydrogen) atoms. The second kappa shape index (κ2) is 6.83. The molecule has 0 unspecified atom stereocenters. The van der Waals surface area contributed by atoms with Crippen LogP contribution >= 0.6 is 0 Å². The van der Waals surface area contributed by atoms with Crippen molar-refractivity contribution >= 4 is 5.91 Å². The number of nitrogens with zero attached hydrogens (tertiary/aromatic N) is 4. The van der Waals surface area contributed by atoms with Crippen LogP contribution in [0.2, 0.25) is 0 Å². The monoisotopic (exact) mass is 354 g/mol. The van der Waals surface area contributed by atoms with Crippen molar-refractivity contribution in [1.82, 2.24) is 19.9 Å². The lowest BCUT2D eigenvalue weighted by Gasteiger charge is -2.47. The Morgan fingerprint density at radius 3 is 2.62 bits per heavy atom. The van der Waals surface area contributed by atoms with E-state index >= 15 is 0 Å². The predicted molar refractivity (Wildman–Crippen MR) is 98.8 cm³/mol. The molecule has 6 heteroatoms. The van der Waals surface area contributed by atoms with E-state index in [9.17, 15) is 4.79 Å². The first-order valence-electron chi connectivity index (χ1n) is 9.42. The van der Waals surface area contributed by atoms with Crippen molar-refractivity contribution in [3.63, 3.8) is 0 Å². The van der Waals surface area contributed by atoms with E-state index in [-0.39, 0.29) is 11.3 Å². The molecule has 4 heterocycles. The van der Waals surface area contributed by atoms with Crippen LogP contribution in [0, 0.1) is 12.3 Å². The number of aromatic nitrogens is 2. The Bertz CT molecular complexity index is 778. The lowest BCUT2D eigenvalue weighted by atomic mass is 9.72. The minimum Gasteiger partial charge on any atom is -0.360 e. The lowest BCUT2D eigenvalue weighted by molar-refractivity contribution is 0.0260. The summed E-state index contributed by atoms with van der Waals surface area (Å²) >= 11 is 0. The molecule has 2 aromatic heterocycles. The summed E-state index contributed by atoms with van der Waals surface area (Å²) in [7, 11) is 2.18. The molecule has 0 saturated carbocycles. The van der Waals surface area contributed by atoms with Crippen molar-refractivity contribution in [2.75, 3.05) is 33.2 Å². The van der Waals surface area contributed by atoms with Gasteiger partial charge in [-0.3, -0.25) is 9.78 Å². The Morgan fingerprint density at radius 2 is 1.88 bits per heavy atom. The van der Waals surface area contributed by atoms with Crippen LogP contribution in [0.5, 0.6) is 0 Å². The Kier molecular flexibility index (Phi) is 4.53. The minimum atomic E-state index is 0.0496. The molecule has 0 N–H and O–H groups in total. The van der Waals surface area contributed by atoms with Gasteiger partial charge in [-0.15, -0.1) is 0 Å². The summed E-state index contributed by atoms with van der Waals surface area (Å²) in [6.45, 7) is 5.73. The van der Waals surface area contributed by atoms with E-state index in [1.54, 1.807) is 12.4 Å². The van der Waals surface area contributed by atoms with Crippen LogP contribution in [0.25, 0.3) is 11.3 Å². The predicted octanol–water partition coefficient (Wildman–Crippen LogP) is 2.99. The van der Waals surface area contributed by atoms with Crippen LogP contribution < -0.4 is 0 Å². The Labute approximate surface area is 154 Å². The summed E-state index contributed by atoms with van der Waals surface area (Å²) in [6.07, 6.45) is 8.07. The van der Waals surface area contributed by atoms with Crippen LogP contribution in [0.1, 0.15) is 41.8 Å². The van der Waals surface area contributed by atoms with Crippen molar-refractivity contribution in [1.29, 1.82) is 0 Å². The van der Waals surface area contributed by atoms with E-state index in [1.807, 2.05) is 24.0 Å². The van der Waals surface area contributed by atoms with E-state index < -0.39 is 0 Å². The molecule has 0 radical (unpaired) electrons. The molecule has 2 aliphatic rings. The minimum absolute atomic E-state index is 0.0496. The molecule has 4 rings (SSSR count). The average molecular weight is 354 g/mol. The standard InChI is InChI=1S/C20H26N4O2/c1-15-17(18(22-26-15)16-4-9-21-10-5-16)19(25)24-11-3-6-20(14-24)7-12-23(2)13-8-20/h4-5,9-10H,3,6-8,11-14H2,1-2H3. The number of aryl methyl sites for hydroxylation is 1. The maximum atomic E-state index is 13.4. The molecule has 2 aromatic rings. The Morgan fingerprint density at radius 1 is 1.15 bits per heavy atom. The fraction of sp³-hybridized carbons (Fsp3) is 0.550. The number of hydrogen-bond acceptors (Lipinski definition) is 5. The SMILES string of the molecule is Cc1onc(-c2ccncc2)c1C(=O)N1CCCC2(CCN(C)CC2)C1. The highest BCUT2D eigenvalue weighted by atomic mass is 16.5. The second-order valence-electron chi connectivity index (χ2n) is 7.83. The van der Waals surface area contributed by atoms with Gasteiger partial charge in [0.15, 0.2) is 0 Å². The van der Waals surface area contributed by atoms with Crippen molar-refractivity contribution in [3.8, 4) is 11.3 Å². The fourth-order valence-electron chi connectivity index (χ4n) is 4.37. The molecule has 6 nitrogen and oxygen atoms in total. The quantitative estimate of drug-likeness (QED) is 0.830. The van der Waals surface area contributed by atoms with Crippen molar-refractivity contribution in [2.24, 2.45) is 5.41 Å². The van der Waals surface area contributed by atoms with E-state index in [4.69, 9.17) is 4.52 Å². The summed E-state index contributed by atoms with van der Waals surface area (Å²) in [6, 6.07) is 3.73. The van der Waals surface area contributed by atoms with E-state index in [0.29, 0.717) is 17.0 Å². The van der Waals surface area contributed by atoms with Gasteiger partial charge in [-0.25, -0.2) is 0 Å². The largest absolute Gasteiger partial charge is 0.360 e. The highest BCUT2D eigenvalue weighted by molar-refractivity contribution is 6.00. The fourth-order valence-corrected chi connectivity index (χ4v) is 4.37. The molecule has 2 saturated heterocycles. The first-order valence-corrected chi connectivity index (χ1v) is 9.42. The van der Waals surface area contributed by atoms with Crippen molar-refractivity contribution in [2.45, 2.75) is 32.6 Å². The second-order valence-corrected chi connectivity index (χ2v) is 7.83. The first kappa shape index (κ1) is 17.2. The first-order chi connectivity index (χ1) is 12.6. The zero-order valence-electron chi connectivity index (χ0n) is 15.6. The third-order valence-corrected chi connectivity index (χ3v) is 6.03. The molecule has 0 aliphatic carbocycles. The summed E-state index contributed by atoms with van der Waals surface area (Å²) in [5.74, 6) is 0.637. The molecule has 0 bridgehead atoms. The zero-order valence-corrected chi connectivity index (χ0v) is 15.6. The van der Waals surface area contributed by atoms with Gasteiger partial charge < -0.3 is 14.3 Å². The maximum absolute atomic E-state index is 13.4. The normalized spacial score (nSPS) is 20.5. The summed E-state index contributed by atoms with van der Waals surface area (Å²) < 4.78 is 5.39. The molecule has 2 aliphatic heterocycles. The smallest absolute Gasteiger partial charge is 0.259 e. The van der Waals surface area contributed by atoms with Crippen LogP contribution in [-0.2, 0) is 0 Å². The highest BCUT2D eigenvalue weighted by Gasteiger charge is 2.40. The molecule has 0 atom stereocenters. The molecule has 0 aromatic carbocycles. The van der Waals surface area contributed by atoms with E-state index in [0.717, 1.165) is 38.2 Å². The van der Waals surface area contributed by atoms with Gasteiger partial charge in [0.05, 0.1) is 0 Å². The number of hydrogen-bond donors (Lipinski definition) is 0. The molecule has 1 spiro atoms. The van der Waals surface area contributed by atoms with Crippen molar-refractivity contribution < 1.29 is 9.32 Å². The Hall–Kier alpha value is -2.21. The number of piperidine rings is 2. The summed E-state index contributed by atoms with van der Waals surface area (Å²) in [5.41, 5.74) is 2.37. The van der Waals surface area contributed by atoms with Gasteiger partial charge in [0.25, 0.3) is 5.91 Å². The van der Waals surface area contributed by atoms with Gasteiger partial charge >= 0.3 is 0 Å². The summed E-state index contributed by atoms with van der Waals surface area (Å²) in [5, 5.41) is 4.16. The molecule has 138 valence electrons. The Balaban J connectivity index is 1.59. The molecule has 1 amide bonds. The summed E-state index contributed by atoms with van der Waals surface area (Å²) in [4.78, 5) is 21.8. The number of pyridine rings is 1. The van der Waals surface area contributed by atoms with Crippen LogP contribution in [0.15, 0.2) is 29.0 Å². The number of amides is 1. The van der Waals surface area contributed by atoms with Gasteiger partial charge in [0, 0.05) is 31.0 Å². The highest BCUT2D eigenvalue weighted by Crippen LogP contribution is 2.40. The van der Waals surface area contributed by atoms with Gasteiger partial charge in [-0.05, 0) is 70.3 Å². The van der Waals surface area contributed by atoms with Crippen LogP contribution in [0.3, 0.4) is 0 Å². The third-order valence-electron chi connectivity index (χ3n) is 6.03. The van der Waals surface area contributed by atoms with Gasteiger partial charge in [0.1, 0.15) is 17.0 Å². The number of rotatable bonds is 2. The number of carbonyl (C=O) groups is 1. The van der Waals surface area contributed by atoms with Crippen LogP contribution in [-0.4, -0.2) is 59.1 Å². The lowest BCUT2D eigenvalue weighted by Crippen LogP contribution is -2.50.